The summed E-state index contributed by atoms with van der Waals surface area (Å²) < 4.78 is 2.45. The highest BCUT2D eigenvalue weighted by Gasteiger charge is 2.07. The van der Waals surface area contributed by atoms with Gasteiger partial charge in [-0.2, -0.15) is 0 Å². The van der Waals surface area contributed by atoms with Crippen molar-refractivity contribution in [3.63, 3.8) is 0 Å². The van der Waals surface area contributed by atoms with Crippen LogP contribution in [0.4, 0.5) is 0 Å². The molecule has 0 aliphatic heterocycles. The first-order valence-corrected chi connectivity index (χ1v) is 6.16. The molecular weight excluding hydrogens is 268 g/mol. The van der Waals surface area contributed by atoms with Crippen LogP contribution < -0.4 is 0 Å². The standard InChI is InChI=1S/C10H8BrClS/c1-6-4-7(5-12)9(11)10-8(6)2-3-13-10/h2-4H,5H2,1H3. The Kier molecular flexibility index (Phi) is 2.63. The van der Waals surface area contributed by atoms with Crippen LogP contribution in [0.3, 0.4) is 0 Å². The predicted octanol–water partition coefficient (Wildman–Crippen LogP) is 4.71. The van der Waals surface area contributed by atoms with Gasteiger partial charge >= 0.3 is 0 Å². The van der Waals surface area contributed by atoms with E-state index in [-0.39, 0.29) is 0 Å². The van der Waals surface area contributed by atoms with Crippen molar-refractivity contribution in [2.45, 2.75) is 12.8 Å². The molecule has 68 valence electrons. The third-order valence-corrected chi connectivity index (χ3v) is 4.49. The number of hydrogen-bond acceptors (Lipinski definition) is 1. The molecule has 0 spiro atoms. The Hall–Kier alpha value is -0.0500. The SMILES string of the molecule is Cc1cc(CCl)c(Br)c2sccc12. The molecule has 0 unspecified atom stereocenters. The van der Waals surface area contributed by atoms with Gasteiger partial charge in [0.25, 0.3) is 0 Å². The molecule has 0 nitrogen and oxygen atoms in total. The second-order valence-corrected chi connectivity index (χ2v) is 4.94. The van der Waals surface area contributed by atoms with Crippen LogP contribution in [0.15, 0.2) is 22.0 Å². The summed E-state index contributed by atoms with van der Waals surface area (Å²) in [5.74, 6) is 0.565. The third-order valence-electron chi connectivity index (χ3n) is 2.11. The molecule has 0 saturated carbocycles. The van der Waals surface area contributed by atoms with Gasteiger partial charge in [0.1, 0.15) is 0 Å². The summed E-state index contributed by atoms with van der Waals surface area (Å²) in [7, 11) is 0. The highest BCUT2D eigenvalue weighted by molar-refractivity contribution is 9.10. The highest BCUT2D eigenvalue weighted by atomic mass is 79.9. The van der Waals surface area contributed by atoms with E-state index in [4.69, 9.17) is 11.6 Å². The summed E-state index contributed by atoms with van der Waals surface area (Å²) in [5, 5.41) is 3.44. The van der Waals surface area contributed by atoms with Crippen LogP contribution in [0.1, 0.15) is 11.1 Å². The normalized spacial score (nSPS) is 11.0. The minimum atomic E-state index is 0.565. The lowest BCUT2D eigenvalue weighted by Gasteiger charge is -2.04. The van der Waals surface area contributed by atoms with Crippen molar-refractivity contribution in [3.05, 3.63) is 33.1 Å². The predicted molar refractivity (Wildman–Crippen MR) is 63.8 cm³/mol. The molecule has 1 aromatic heterocycles. The highest BCUT2D eigenvalue weighted by Crippen LogP contribution is 2.34. The van der Waals surface area contributed by atoms with E-state index in [1.54, 1.807) is 11.3 Å². The van der Waals surface area contributed by atoms with Gasteiger partial charge in [0.2, 0.25) is 0 Å². The van der Waals surface area contributed by atoms with E-state index >= 15 is 0 Å². The molecule has 0 aliphatic rings. The van der Waals surface area contributed by atoms with Crippen LogP contribution in [-0.4, -0.2) is 0 Å². The second kappa shape index (κ2) is 3.60. The van der Waals surface area contributed by atoms with Gasteiger partial charge in [0, 0.05) is 15.1 Å². The van der Waals surface area contributed by atoms with Crippen molar-refractivity contribution in [1.29, 1.82) is 0 Å². The number of rotatable bonds is 1. The lowest BCUT2D eigenvalue weighted by atomic mass is 10.1. The van der Waals surface area contributed by atoms with E-state index in [0.717, 1.165) is 4.47 Å². The maximum Gasteiger partial charge on any atom is 0.0490 e. The van der Waals surface area contributed by atoms with E-state index < -0.39 is 0 Å². The summed E-state index contributed by atoms with van der Waals surface area (Å²) in [4.78, 5) is 0. The van der Waals surface area contributed by atoms with Crippen molar-refractivity contribution < 1.29 is 0 Å². The Bertz CT molecular complexity index is 447. The average molecular weight is 276 g/mol. The first-order valence-electron chi connectivity index (χ1n) is 3.95. The first kappa shape index (κ1) is 9.50. The number of fused-ring (bicyclic) bond motifs is 1. The molecular formula is C10H8BrClS. The average Bonchev–Trinajstić information content (AvgIpc) is 2.60. The van der Waals surface area contributed by atoms with E-state index in [2.05, 4.69) is 40.4 Å². The summed E-state index contributed by atoms with van der Waals surface area (Å²) >= 11 is 11.2. The van der Waals surface area contributed by atoms with Crippen LogP contribution in [0.25, 0.3) is 10.1 Å². The quantitative estimate of drug-likeness (QED) is 0.661. The number of halogens is 2. The minimum absolute atomic E-state index is 0.565. The number of aryl methyl sites for hydroxylation is 1. The summed E-state index contributed by atoms with van der Waals surface area (Å²) in [6, 6.07) is 4.30. The topological polar surface area (TPSA) is 0 Å². The second-order valence-electron chi connectivity index (χ2n) is 2.96. The van der Waals surface area contributed by atoms with Crippen molar-refractivity contribution in [2.75, 3.05) is 0 Å². The fourth-order valence-electron chi connectivity index (χ4n) is 1.44. The van der Waals surface area contributed by atoms with E-state index in [9.17, 15) is 0 Å². The molecule has 0 bridgehead atoms. The zero-order valence-corrected chi connectivity index (χ0v) is 10.3. The Balaban J connectivity index is 2.85. The number of alkyl halides is 1. The van der Waals surface area contributed by atoms with Crippen molar-refractivity contribution in [3.8, 4) is 0 Å². The molecule has 0 fully saturated rings. The molecule has 1 aromatic carbocycles. The molecule has 0 atom stereocenters. The molecule has 0 saturated heterocycles. The van der Waals surface area contributed by atoms with Gasteiger partial charge in [-0.1, -0.05) is 6.07 Å². The smallest absolute Gasteiger partial charge is 0.0490 e. The van der Waals surface area contributed by atoms with Crippen LogP contribution >= 0.6 is 38.9 Å². The fourth-order valence-corrected chi connectivity index (χ4v) is 3.49. The molecule has 0 radical (unpaired) electrons. The molecule has 3 heteroatoms. The zero-order chi connectivity index (χ0) is 9.42. The molecule has 13 heavy (non-hydrogen) atoms. The van der Waals surface area contributed by atoms with Crippen LogP contribution in [0.2, 0.25) is 0 Å². The monoisotopic (exact) mass is 274 g/mol. The molecule has 0 amide bonds. The van der Waals surface area contributed by atoms with Gasteiger partial charge < -0.3 is 0 Å². The van der Waals surface area contributed by atoms with E-state index in [0.29, 0.717) is 5.88 Å². The van der Waals surface area contributed by atoms with Crippen molar-refractivity contribution in [1.82, 2.24) is 0 Å². The van der Waals surface area contributed by atoms with Gasteiger partial charge in [-0.15, -0.1) is 22.9 Å². The number of thiophene rings is 1. The largest absolute Gasteiger partial charge is 0.143 e. The molecule has 2 aromatic rings. The summed E-state index contributed by atoms with van der Waals surface area (Å²) in [6.45, 7) is 2.12. The van der Waals surface area contributed by atoms with Gasteiger partial charge in [-0.25, -0.2) is 0 Å². The Labute approximate surface area is 94.7 Å². The fraction of sp³-hybridized carbons (Fsp3) is 0.200. The van der Waals surface area contributed by atoms with Crippen molar-refractivity contribution in [2.24, 2.45) is 0 Å². The summed E-state index contributed by atoms with van der Waals surface area (Å²) in [5.41, 5.74) is 2.48. The van der Waals surface area contributed by atoms with Gasteiger partial charge in [-0.05, 0) is 50.8 Å². The molecule has 0 aliphatic carbocycles. The molecule has 2 rings (SSSR count). The van der Waals surface area contributed by atoms with Gasteiger partial charge in [-0.3, -0.25) is 0 Å². The van der Waals surface area contributed by atoms with E-state index in [1.807, 2.05) is 0 Å². The maximum absolute atomic E-state index is 5.85. The maximum atomic E-state index is 5.85. The third kappa shape index (κ3) is 1.51. The van der Waals surface area contributed by atoms with E-state index in [1.165, 1.54) is 21.2 Å². The lowest BCUT2D eigenvalue weighted by Crippen LogP contribution is -1.83. The van der Waals surface area contributed by atoms with Crippen LogP contribution in [0, 0.1) is 6.92 Å². The Morgan fingerprint density at radius 2 is 2.31 bits per heavy atom. The summed E-state index contributed by atoms with van der Waals surface area (Å²) in [6.07, 6.45) is 0. The molecule has 1 heterocycles. The van der Waals surface area contributed by atoms with Crippen LogP contribution in [0.5, 0.6) is 0 Å². The number of benzene rings is 1. The Morgan fingerprint density at radius 3 is 3.00 bits per heavy atom. The first-order chi connectivity index (χ1) is 6.24. The van der Waals surface area contributed by atoms with Gasteiger partial charge in [0.05, 0.1) is 0 Å². The Morgan fingerprint density at radius 1 is 1.54 bits per heavy atom. The lowest BCUT2D eigenvalue weighted by molar-refractivity contribution is 1.36. The zero-order valence-electron chi connectivity index (χ0n) is 7.10. The van der Waals surface area contributed by atoms with Crippen molar-refractivity contribution >= 4 is 49.0 Å². The number of hydrogen-bond donors (Lipinski definition) is 0. The van der Waals surface area contributed by atoms with Gasteiger partial charge in [0.15, 0.2) is 0 Å². The molecule has 0 N–H and O–H groups in total. The minimum Gasteiger partial charge on any atom is -0.143 e. The van der Waals surface area contributed by atoms with Crippen LogP contribution in [-0.2, 0) is 5.88 Å².